The van der Waals surface area contributed by atoms with Gasteiger partial charge in [-0.3, -0.25) is 0 Å². The van der Waals surface area contributed by atoms with E-state index in [-0.39, 0.29) is 5.56 Å². The van der Waals surface area contributed by atoms with Crippen LogP contribution >= 0.6 is 11.6 Å². The summed E-state index contributed by atoms with van der Waals surface area (Å²) < 4.78 is 5.42. The number of hydrogen-bond acceptors (Lipinski definition) is 1. The van der Waals surface area contributed by atoms with E-state index in [9.17, 15) is 0 Å². The number of halogens is 1. The minimum Gasteiger partial charge on any atom is -0.475 e. The molecule has 1 nitrogen and oxygen atoms in total. The minimum atomic E-state index is -0.197. The molecule has 12 heavy (non-hydrogen) atoms. The molecule has 0 saturated carbocycles. The Balaban J connectivity index is 2.41. The molecule has 0 radical (unpaired) electrons. The molecule has 0 spiro atoms. The molecule has 0 heterocycles. The minimum absolute atomic E-state index is 0.197. The lowest BCUT2D eigenvalue weighted by atomic mass is 10.3. The van der Waals surface area contributed by atoms with Crippen LogP contribution in [0.3, 0.4) is 0 Å². The van der Waals surface area contributed by atoms with Gasteiger partial charge in [0.2, 0.25) is 0 Å². The van der Waals surface area contributed by atoms with Crippen molar-refractivity contribution >= 4 is 11.6 Å². The number of alkyl halides is 1. The summed E-state index contributed by atoms with van der Waals surface area (Å²) in [7, 11) is 0. The van der Waals surface area contributed by atoms with E-state index in [4.69, 9.17) is 16.3 Å². The van der Waals surface area contributed by atoms with Crippen molar-refractivity contribution in [1.82, 2.24) is 0 Å². The van der Waals surface area contributed by atoms with Crippen molar-refractivity contribution < 1.29 is 4.74 Å². The molecular formula is C10H13ClO. The van der Waals surface area contributed by atoms with Gasteiger partial charge in [-0.25, -0.2) is 0 Å². The van der Waals surface area contributed by atoms with E-state index in [1.54, 1.807) is 0 Å². The van der Waals surface area contributed by atoms with Crippen molar-refractivity contribution in [3.05, 3.63) is 30.3 Å². The average molecular weight is 185 g/mol. The largest absolute Gasteiger partial charge is 0.475 e. The summed E-state index contributed by atoms with van der Waals surface area (Å²) in [5.41, 5.74) is -0.197. The highest BCUT2D eigenvalue weighted by Gasteiger charge is 2.02. The van der Waals surface area contributed by atoms with Gasteiger partial charge in [-0.15, -0.1) is 0 Å². The van der Waals surface area contributed by atoms with Gasteiger partial charge in [0, 0.05) is 0 Å². The maximum atomic E-state index is 5.89. The Hall–Kier alpha value is -0.690. The highest BCUT2D eigenvalue weighted by Crippen LogP contribution is 2.15. The predicted molar refractivity (Wildman–Crippen MR) is 51.6 cm³/mol. The Morgan fingerprint density at radius 2 is 2.00 bits per heavy atom. The van der Waals surface area contributed by atoms with E-state index in [1.165, 1.54) is 0 Å². The van der Waals surface area contributed by atoms with Crippen LogP contribution in [0.15, 0.2) is 30.3 Å². The summed E-state index contributed by atoms with van der Waals surface area (Å²) >= 11 is 5.89. The molecule has 0 bridgehead atoms. The molecule has 0 fully saturated rings. The average Bonchev–Trinajstić information content (AvgIpc) is 2.06. The summed E-state index contributed by atoms with van der Waals surface area (Å²) in [6.07, 6.45) is 1.93. The number of ether oxygens (including phenoxy) is 1. The zero-order valence-corrected chi connectivity index (χ0v) is 7.92. The third kappa shape index (κ3) is 3.14. The number of para-hydroxylation sites is 1. The van der Waals surface area contributed by atoms with E-state index in [1.807, 2.05) is 30.3 Å². The molecule has 1 rings (SSSR count). The first-order chi connectivity index (χ1) is 5.83. The molecule has 0 aliphatic rings. The van der Waals surface area contributed by atoms with Crippen molar-refractivity contribution in [2.75, 3.05) is 0 Å². The molecule has 1 atom stereocenters. The molecule has 0 aromatic heterocycles. The second-order valence-electron chi connectivity index (χ2n) is 2.63. The van der Waals surface area contributed by atoms with Crippen molar-refractivity contribution in [2.24, 2.45) is 0 Å². The Kier molecular flexibility index (Phi) is 3.95. The topological polar surface area (TPSA) is 9.23 Å². The van der Waals surface area contributed by atoms with Crippen LogP contribution in [0.1, 0.15) is 19.8 Å². The van der Waals surface area contributed by atoms with Crippen LogP contribution in [0.4, 0.5) is 0 Å². The molecule has 0 saturated heterocycles. The van der Waals surface area contributed by atoms with Gasteiger partial charge in [-0.1, -0.05) is 43.1 Å². The van der Waals surface area contributed by atoms with Gasteiger partial charge < -0.3 is 4.74 Å². The fraction of sp³-hybridized carbons (Fsp3) is 0.400. The van der Waals surface area contributed by atoms with Gasteiger partial charge in [0.25, 0.3) is 0 Å². The molecule has 0 aliphatic carbocycles. The van der Waals surface area contributed by atoms with Crippen molar-refractivity contribution in [3.63, 3.8) is 0 Å². The van der Waals surface area contributed by atoms with Crippen molar-refractivity contribution in [3.8, 4) is 5.75 Å². The lowest BCUT2D eigenvalue weighted by Gasteiger charge is -2.10. The van der Waals surface area contributed by atoms with E-state index in [0.29, 0.717) is 0 Å². The van der Waals surface area contributed by atoms with Gasteiger partial charge >= 0.3 is 0 Å². The fourth-order valence-corrected chi connectivity index (χ4v) is 1.25. The quantitative estimate of drug-likeness (QED) is 0.652. The molecule has 2 heteroatoms. The second-order valence-corrected chi connectivity index (χ2v) is 3.12. The number of rotatable bonds is 4. The summed E-state index contributed by atoms with van der Waals surface area (Å²) in [4.78, 5) is 0. The predicted octanol–water partition coefficient (Wildman–Crippen LogP) is 3.43. The summed E-state index contributed by atoms with van der Waals surface area (Å²) in [6, 6.07) is 9.64. The van der Waals surface area contributed by atoms with Crippen LogP contribution in [0, 0.1) is 0 Å². The second kappa shape index (κ2) is 5.04. The number of hydrogen-bond donors (Lipinski definition) is 0. The van der Waals surface area contributed by atoms with Crippen molar-refractivity contribution in [1.29, 1.82) is 0 Å². The van der Waals surface area contributed by atoms with Crippen LogP contribution in [-0.4, -0.2) is 5.56 Å². The first-order valence-corrected chi connectivity index (χ1v) is 4.62. The third-order valence-corrected chi connectivity index (χ3v) is 1.83. The SMILES string of the molecule is CCCC(Cl)Oc1ccccc1. The molecule has 1 aromatic rings. The van der Waals surface area contributed by atoms with Gasteiger partial charge in [0.1, 0.15) is 5.75 Å². The lowest BCUT2D eigenvalue weighted by Crippen LogP contribution is -2.07. The summed E-state index contributed by atoms with van der Waals surface area (Å²) in [5, 5.41) is 0. The van der Waals surface area contributed by atoms with Gasteiger partial charge in [-0.2, -0.15) is 0 Å². The van der Waals surface area contributed by atoms with E-state index in [2.05, 4.69) is 6.92 Å². The summed E-state index contributed by atoms with van der Waals surface area (Å²) in [6.45, 7) is 2.09. The molecule has 0 N–H and O–H groups in total. The molecule has 0 aliphatic heterocycles. The number of benzene rings is 1. The Labute approximate surface area is 78.3 Å². The molecular weight excluding hydrogens is 172 g/mol. The zero-order valence-electron chi connectivity index (χ0n) is 7.16. The van der Waals surface area contributed by atoms with Crippen LogP contribution in [0.5, 0.6) is 5.75 Å². The smallest absolute Gasteiger partial charge is 0.172 e. The zero-order chi connectivity index (χ0) is 8.81. The van der Waals surface area contributed by atoms with Gasteiger partial charge in [0.05, 0.1) is 0 Å². The van der Waals surface area contributed by atoms with E-state index < -0.39 is 0 Å². The van der Waals surface area contributed by atoms with Gasteiger partial charge in [0.15, 0.2) is 5.56 Å². The van der Waals surface area contributed by atoms with E-state index >= 15 is 0 Å². The van der Waals surface area contributed by atoms with Crippen LogP contribution in [-0.2, 0) is 0 Å². The summed E-state index contributed by atoms with van der Waals surface area (Å²) in [5.74, 6) is 0.839. The first-order valence-electron chi connectivity index (χ1n) is 4.18. The fourth-order valence-electron chi connectivity index (χ4n) is 0.933. The van der Waals surface area contributed by atoms with Crippen LogP contribution in [0.2, 0.25) is 0 Å². The normalized spacial score (nSPS) is 12.5. The highest BCUT2D eigenvalue weighted by molar-refractivity contribution is 6.19. The first kappa shape index (κ1) is 9.40. The highest BCUT2D eigenvalue weighted by atomic mass is 35.5. The Morgan fingerprint density at radius 3 is 2.58 bits per heavy atom. The van der Waals surface area contributed by atoms with Gasteiger partial charge in [-0.05, 0) is 18.6 Å². The van der Waals surface area contributed by atoms with Crippen LogP contribution in [0.25, 0.3) is 0 Å². The standard InChI is InChI=1S/C10H13ClO/c1-2-6-10(11)12-9-7-4-3-5-8-9/h3-5,7-8,10H,2,6H2,1H3. The Morgan fingerprint density at radius 1 is 1.33 bits per heavy atom. The molecule has 66 valence electrons. The molecule has 1 aromatic carbocycles. The monoisotopic (exact) mass is 184 g/mol. The maximum Gasteiger partial charge on any atom is 0.172 e. The van der Waals surface area contributed by atoms with Crippen molar-refractivity contribution in [2.45, 2.75) is 25.3 Å². The third-order valence-electron chi connectivity index (χ3n) is 1.52. The molecule has 0 amide bonds. The maximum absolute atomic E-state index is 5.89. The lowest BCUT2D eigenvalue weighted by molar-refractivity contribution is 0.269. The Bertz CT molecular complexity index is 210. The van der Waals surface area contributed by atoms with Crippen LogP contribution < -0.4 is 4.74 Å². The van der Waals surface area contributed by atoms with E-state index in [0.717, 1.165) is 18.6 Å². The molecule has 1 unspecified atom stereocenters.